The lowest BCUT2D eigenvalue weighted by Gasteiger charge is -2.28. The van der Waals surface area contributed by atoms with Gasteiger partial charge in [0.25, 0.3) is 6.43 Å². The largest absolute Gasteiger partial charge is 0.468 e. The van der Waals surface area contributed by atoms with Crippen molar-refractivity contribution < 1.29 is 23.0 Å². The number of rotatable bonds is 6. The summed E-state index contributed by atoms with van der Waals surface area (Å²) in [7, 11) is 1.31. The van der Waals surface area contributed by atoms with Gasteiger partial charge in [0.15, 0.2) is 0 Å². The van der Waals surface area contributed by atoms with E-state index >= 15 is 0 Å². The molecule has 17 heavy (non-hydrogen) atoms. The molecule has 0 radical (unpaired) electrons. The molecule has 4 nitrogen and oxygen atoms in total. The third-order valence-electron chi connectivity index (χ3n) is 3.29. The van der Waals surface area contributed by atoms with Gasteiger partial charge < -0.3 is 15.2 Å². The molecule has 0 aromatic heterocycles. The average molecular weight is 251 g/mol. The molecule has 0 aliphatic heterocycles. The Morgan fingerprint density at radius 3 is 2.88 bits per heavy atom. The minimum absolute atomic E-state index is 0.0485. The molecule has 0 bridgehead atoms. The minimum Gasteiger partial charge on any atom is -0.468 e. The van der Waals surface area contributed by atoms with Crippen LogP contribution in [0.5, 0.6) is 0 Å². The van der Waals surface area contributed by atoms with Crippen LogP contribution < -0.4 is 5.73 Å². The fourth-order valence-electron chi connectivity index (χ4n) is 2.36. The number of carbonyl (C=O) groups excluding carboxylic acids is 1. The quantitative estimate of drug-likeness (QED) is 0.571. The average Bonchev–Trinajstić information content (AvgIpc) is 2.66. The van der Waals surface area contributed by atoms with Crippen molar-refractivity contribution in [3.05, 3.63) is 0 Å². The van der Waals surface area contributed by atoms with Crippen molar-refractivity contribution in [1.29, 1.82) is 0 Å². The standard InChI is InChI=1S/C11H19F2NO3/c1-16-10(15)11(14)5-2-3-8(11)4-6-17-7-9(12)13/h8-9H,2-7,14H2,1H3. The predicted molar refractivity (Wildman–Crippen MR) is 57.7 cm³/mol. The highest BCUT2D eigenvalue weighted by Crippen LogP contribution is 2.36. The van der Waals surface area contributed by atoms with E-state index < -0.39 is 24.5 Å². The minimum atomic E-state index is -2.46. The van der Waals surface area contributed by atoms with Crippen LogP contribution in [0.2, 0.25) is 0 Å². The van der Waals surface area contributed by atoms with Gasteiger partial charge in [0.2, 0.25) is 0 Å². The van der Waals surface area contributed by atoms with Crippen molar-refractivity contribution in [2.24, 2.45) is 11.7 Å². The molecule has 2 atom stereocenters. The highest BCUT2D eigenvalue weighted by Gasteiger charge is 2.46. The van der Waals surface area contributed by atoms with E-state index in [-0.39, 0.29) is 12.5 Å². The lowest BCUT2D eigenvalue weighted by Crippen LogP contribution is -2.51. The number of methoxy groups -OCH3 is 1. The van der Waals surface area contributed by atoms with Gasteiger partial charge in [-0.1, -0.05) is 6.42 Å². The first-order valence-electron chi connectivity index (χ1n) is 5.74. The fraction of sp³-hybridized carbons (Fsp3) is 0.909. The van der Waals surface area contributed by atoms with Crippen molar-refractivity contribution >= 4 is 5.97 Å². The zero-order valence-corrected chi connectivity index (χ0v) is 9.96. The van der Waals surface area contributed by atoms with E-state index in [0.717, 1.165) is 12.8 Å². The number of hydrogen-bond donors (Lipinski definition) is 1. The van der Waals surface area contributed by atoms with Crippen molar-refractivity contribution in [2.45, 2.75) is 37.6 Å². The van der Waals surface area contributed by atoms with Crippen LogP contribution in [0.4, 0.5) is 8.78 Å². The molecule has 1 saturated carbocycles. The lowest BCUT2D eigenvalue weighted by atomic mass is 9.86. The lowest BCUT2D eigenvalue weighted by molar-refractivity contribution is -0.148. The first-order valence-corrected chi connectivity index (χ1v) is 5.74. The van der Waals surface area contributed by atoms with Gasteiger partial charge in [0, 0.05) is 6.61 Å². The third-order valence-corrected chi connectivity index (χ3v) is 3.29. The molecule has 0 heterocycles. The van der Waals surface area contributed by atoms with E-state index in [1.807, 2.05) is 0 Å². The molecule has 6 heteroatoms. The molecule has 0 aromatic carbocycles. The Balaban J connectivity index is 2.39. The van der Waals surface area contributed by atoms with Crippen LogP contribution in [0.1, 0.15) is 25.7 Å². The zero-order chi connectivity index (χ0) is 12.9. The van der Waals surface area contributed by atoms with Gasteiger partial charge in [-0.2, -0.15) is 0 Å². The van der Waals surface area contributed by atoms with Gasteiger partial charge in [0.1, 0.15) is 12.1 Å². The number of ether oxygens (including phenoxy) is 2. The molecule has 0 aromatic rings. The number of alkyl halides is 2. The third kappa shape index (κ3) is 3.61. The van der Waals surface area contributed by atoms with Gasteiger partial charge >= 0.3 is 5.97 Å². The second-order valence-electron chi connectivity index (χ2n) is 4.38. The molecule has 100 valence electrons. The Labute approximate surface area is 99.4 Å². The van der Waals surface area contributed by atoms with Crippen molar-refractivity contribution in [1.82, 2.24) is 0 Å². The van der Waals surface area contributed by atoms with E-state index in [0.29, 0.717) is 12.8 Å². The summed E-state index contributed by atoms with van der Waals surface area (Å²) >= 11 is 0. The molecular formula is C11H19F2NO3. The first-order chi connectivity index (χ1) is 8.00. The molecule has 1 fully saturated rings. The van der Waals surface area contributed by atoms with Crippen LogP contribution in [-0.2, 0) is 14.3 Å². The van der Waals surface area contributed by atoms with Gasteiger partial charge in [-0.25, -0.2) is 8.78 Å². The maximum atomic E-state index is 11.8. The van der Waals surface area contributed by atoms with Gasteiger partial charge in [-0.15, -0.1) is 0 Å². The van der Waals surface area contributed by atoms with Crippen LogP contribution in [0.3, 0.4) is 0 Å². The Hall–Kier alpha value is -0.750. The molecule has 1 aliphatic rings. The topological polar surface area (TPSA) is 61.5 Å². The Morgan fingerprint density at radius 2 is 2.29 bits per heavy atom. The number of halogens is 2. The summed E-state index contributed by atoms with van der Waals surface area (Å²) in [5.41, 5.74) is 5.05. The fourth-order valence-corrected chi connectivity index (χ4v) is 2.36. The van der Waals surface area contributed by atoms with Crippen LogP contribution in [0, 0.1) is 5.92 Å². The van der Waals surface area contributed by atoms with E-state index in [2.05, 4.69) is 4.74 Å². The highest BCUT2D eigenvalue weighted by atomic mass is 19.3. The smallest absolute Gasteiger partial charge is 0.326 e. The number of carbonyl (C=O) groups is 1. The van der Waals surface area contributed by atoms with E-state index in [9.17, 15) is 13.6 Å². The number of hydrogen-bond acceptors (Lipinski definition) is 4. The molecule has 0 spiro atoms. The zero-order valence-electron chi connectivity index (χ0n) is 9.96. The van der Waals surface area contributed by atoms with E-state index in [4.69, 9.17) is 10.5 Å². The molecule has 1 aliphatic carbocycles. The summed E-state index contributed by atoms with van der Waals surface area (Å²) in [6.07, 6.45) is 0.300. The summed E-state index contributed by atoms with van der Waals surface area (Å²) in [5.74, 6) is -0.471. The summed E-state index contributed by atoms with van der Waals surface area (Å²) in [5, 5.41) is 0. The summed E-state index contributed by atoms with van der Waals surface area (Å²) in [6.45, 7) is -0.368. The molecule has 2 unspecified atom stereocenters. The summed E-state index contributed by atoms with van der Waals surface area (Å²) < 4.78 is 33.2. The molecule has 2 N–H and O–H groups in total. The second kappa shape index (κ2) is 6.26. The van der Waals surface area contributed by atoms with Gasteiger partial charge in [-0.05, 0) is 25.2 Å². The van der Waals surface area contributed by atoms with Crippen LogP contribution >= 0.6 is 0 Å². The van der Waals surface area contributed by atoms with Crippen LogP contribution in [0.25, 0.3) is 0 Å². The monoisotopic (exact) mass is 251 g/mol. The van der Waals surface area contributed by atoms with Crippen molar-refractivity contribution in [2.75, 3.05) is 20.3 Å². The van der Waals surface area contributed by atoms with E-state index in [1.165, 1.54) is 7.11 Å². The highest BCUT2D eigenvalue weighted by molar-refractivity contribution is 5.81. The maximum Gasteiger partial charge on any atom is 0.326 e. The van der Waals surface area contributed by atoms with E-state index in [1.54, 1.807) is 0 Å². The molecular weight excluding hydrogens is 232 g/mol. The molecule has 1 rings (SSSR count). The SMILES string of the molecule is COC(=O)C1(N)CCCC1CCOCC(F)F. The Kier molecular flexibility index (Phi) is 5.27. The predicted octanol–water partition coefficient (Wildman–Crippen LogP) is 1.33. The number of nitrogens with two attached hydrogens (primary N) is 1. The number of esters is 1. The van der Waals surface area contributed by atoms with Crippen LogP contribution in [-0.4, -0.2) is 38.3 Å². The van der Waals surface area contributed by atoms with Gasteiger partial charge in [0.05, 0.1) is 7.11 Å². The van der Waals surface area contributed by atoms with Crippen molar-refractivity contribution in [3.63, 3.8) is 0 Å². The molecule has 0 amide bonds. The van der Waals surface area contributed by atoms with Gasteiger partial charge in [-0.3, -0.25) is 4.79 Å². The Bertz CT molecular complexity index is 263. The maximum absolute atomic E-state index is 11.8. The van der Waals surface area contributed by atoms with Crippen molar-refractivity contribution in [3.8, 4) is 0 Å². The van der Waals surface area contributed by atoms with Crippen LogP contribution in [0.15, 0.2) is 0 Å². The summed E-state index contributed by atoms with van der Waals surface area (Å²) in [4.78, 5) is 11.6. The normalized spacial score (nSPS) is 28.6. The second-order valence-corrected chi connectivity index (χ2v) is 4.38. The first kappa shape index (κ1) is 14.3. The Morgan fingerprint density at radius 1 is 1.59 bits per heavy atom. The molecule has 0 saturated heterocycles. The summed E-state index contributed by atoms with van der Waals surface area (Å²) in [6, 6.07) is 0.